The number of hydrogen-bond donors (Lipinski definition) is 0. The van der Waals surface area contributed by atoms with Gasteiger partial charge in [0.2, 0.25) is 11.0 Å². The highest BCUT2D eigenvalue weighted by Crippen LogP contribution is 2.29. The molecule has 0 radical (unpaired) electrons. The first-order chi connectivity index (χ1) is 12.7. The van der Waals surface area contributed by atoms with Crippen molar-refractivity contribution < 1.29 is 4.79 Å². The monoisotopic (exact) mass is 370 g/mol. The van der Waals surface area contributed by atoms with Gasteiger partial charge in [0.15, 0.2) is 0 Å². The van der Waals surface area contributed by atoms with Gasteiger partial charge >= 0.3 is 0 Å². The molecular weight excluding hydrogens is 344 g/mol. The average molecular weight is 371 g/mol. The third-order valence-corrected chi connectivity index (χ3v) is 6.29. The molecule has 6 heteroatoms. The van der Waals surface area contributed by atoms with Gasteiger partial charge in [0.05, 0.1) is 0 Å². The van der Waals surface area contributed by atoms with Crippen LogP contribution < -0.4 is 4.90 Å². The normalized spacial score (nSPS) is 18.5. The van der Waals surface area contributed by atoms with Gasteiger partial charge < -0.3 is 9.80 Å². The number of carbonyl (C=O) groups is 1. The van der Waals surface area contributed by atoms with Gasteiger partial charge in [0.25, 0.3) is 0 Å². The van der Waals surface area contributed by atoms with Crippen LogP contribution in [0.3, 0.4) is 0 Å². The Hall–Kier alpha value is -1.95. The molecule has 0 atom stereocenters. The van der Waals surface area contributed by atoms with Crippen molar-refractivity contribution in [2.75, 3.05) is 31.1 Å². The second-order valence-electron chi connectivity index (χ2n) is 7.45. The van der Waals surface area contributed by atoms with Crippen molar-refractivity contribution in [1.82, 2.24) is 14.3 Å². The molecule has 1 aliphatic carbocycles. The lowest BCUT2D eigenvalue weighted by Crippen LogP contribution is -2.41. The fraction of sp³-hybridized carbons (Fsp3) is 0.550. The van der Waals surface area contributed by atoms with E-state index in [9.17, 15) is 4.79 Å². The molecule has 4 rings (SSSR count). The molecule has 0 N–H and O–H groups in total. The SMILES string of the molecule is Cc1ccc(Cc2nsc(N3CCCN(C(=O)C4CCC4)CC3)n2)cc1. The number of hydrogen-bond acceptors (Lipinski definition) is 5. The van der Waals surface area contributed by atoms with E-state index in [0.29, 0.717) is 11.8 Å². The highest BCUT2D eigenvalue weighted by Gasteiger charge is 2.30. The van der Waals surface area contributed by atoms with Crippen molar-refractivity contribution in [2.24, 2.45) is 5.92 Å². The summed E-state index contributed by atoms with van der Waals surface area (Å²) in [6.07, 6.45) is 5.16. The molecule has 1 saturated heterocycles. The second-order valence-corrected chi connectivity index (χ2v) is 8.18. The minimum atomic E-state index is 0.296. The number of amides is 1. The standard InChI is InChI=1S/C20H26N4OS/c1-15-6-8-16(9-7-15)14-18-21-20(26-22-18)24-11-3-10-23(12-13-24)19(25)17-4-2-5-17/h6-9,17H,2-5,10-14H2,1H3. The Morgan fingerprint density at radius 3 is 2.65 bits per heavy atom. The van der Waals surface area contributed by atoms with Crippen molar-refractivity contribution in [2.45, 2.75) is 39.0 Å². The van der Waals surface area contributed by atoms with E-state index in [1.165, 1.54) is 29.1 Å². The fourth-order valence-corrected chi connectivity index (χ4v) is 4.31. The number of aromatic nitrogens is 2. The van der Waals surface area contributed by atoms with Crippen LogP contribution in [0.2, 0.25) is 0 Å². The van der Waals surface area contributed by atoms with Gasteiger partial charge in [-0.25, -0.2) is 4.98 Å². The molecule has 0 spiro atoms. The molecule has 5 nitrogen and oxygen atoms in total. The van der Waals surface area contributed by atoms with Gasteiger partial charge in [0, 0.05) is 50.1 Å². The van der Waals surface area contributed by atoms with Crippen molar-refractivity contribution in [1.29, 1.82) is 0 Å². The maximum Gasteiger partial charge on any atom is 0.225 e. The summed E-state index contributed by atoms with van der Waals surface area (Å²) in [5, 5.41) is 0.991. The van der Waals surface area contributed by atoms with E-state index in [2.05, 4.69) is 45.4 Å². The van der Waals surface area contributed by atoms with Crippen LogP contribution in [0.15, 0.2) is 24.3 Å². The smallest absolute Gasteiger partial charge is 0.225 e. The molecule has 1 amide bonds. The lowest BCUT2D eigenvalue weighted by atomic mass is 9.84. The number of anilines is 1. The summed E-state index contributed by atoms with van der Waals surface area (Å²) in [5.41, 5.74) is 2.51. The van der Waals surface area contributed by atoms with Crippen molar-refractivity contribution in [3.05, 3.63) is 41.2 Å². The third-order valence-electron chi connectivity index (χ3n) is 5.47. The van der Waals surface area contributed by atoms with E-state index >= 15 is 0 Å². The van der Waals surface area contributed by atoms with Crippen molar-refractivity contribution in [3.63, 3.8) is 0 Å². The maximum absolute atomic E-state index is 12.5. The minimum absolute atomic E-state index is 0.296. The summed E-state index contributed by atoms with van der Waals surface area (Å²) in [6.45, 7) is 5.59. The number of nitrogens with zero attached hydrogens (tertiary/aromatic N) is 4. The number of carbonyl (C=O) groups excluding carboxylic acids is 1. The lowest BCUT2D eigenvalue weighted by Gasteiger charge is -2.30. The third kappa shape index (κ3) is 3.90. The largest absolute Gasteiger partial charge is 0.345 e. The van der Waals surface area contributed by atoms with Gasteiger partial charge in [0.1, 0.15) is 5.82 Å². The van der Waals surface area contributed by atoms with Gasteiger partial charge in [-0.2, -0.15) is 4.37 Å². The molecule has 1 aromatic heterocycles. The Morgan fingerprint density at radius 1 is 1.12 bits per heavy atom. The molecule has 2 heterocycles. The van der Waals surface area contributed by atoms with Gasteiger partial charge in [-0.05, 0) is 31.7 Å². The zero-order valence-corrected chi connectivity index (χ0v) is 16.2. The predicted molar refractivity (Wildman–Crippen MR) is 105 cm³/mol. The molecule has 138 valence electrons. The topological polar surface area (TPSA) is 49.3 Å². The summed E-state index contributed by atoms with van der Waals surface area (Å²) in [5.74, 6) is 1.56. The predicted octanol–water partition coefficient (Wildman–Crippen LogP) is 3.28. The molecule has 2 aromatic rings. The molecule has 2 fully saturated rings. The first-order valence-electron chi connectivity index (χ1n) is 9.61. The molecular formula is C20H26N4OS. The van der Waals surface area contributed by atoms with E-state index < -0.39 is 0 Å². The van der Waals surface area contributed by atoms with Crippen molar-refractivity contribution >= 4 is 22.6 Å². The first kappa shape index (κ1) is 17.5. The van der Waals surface area contributed by atoms with E-state index in [-0.39, 0.29) is 0 Å². The Bertz CT molecular complexity index is 753. The maximum atomic E-state index is 12.5. The summed E-state index contributed by atoms with van der Waals surface area (Å²) in [4.78, 5) is 21.6. The van der Waals surface area contributed by atoms with Crippen LogP contribution in [0.1, 0.15) is 42.6 Å². The Kier molecular flexibility index (Phi) is 5.20. The van der Waals surface area contributed by atoms with Gasteiger partial charge in [-0.3, -0.25) is 4.79 Å². The number of rotatable bonds is 4. The highest BCUT2D eigenvalue weighted by molar-refractivity contribution is 7.09. The number of aryl methyl sites for hydroxylation is 1. The Morgan fingerprint density at radius 2 is 1.92 bits per heavy atom. The van der Waals surface area contributed by atoms with Crippen LogP contribution in [-0.4, -0.2) is 46.3 Å². The van der Waals surface area contributed by atoms with Crippen LogP contribution in [0.5, 0.6) is 0 Å². The zero-order valence-electron chi connectivity index (χ0n) is 15.4. The van der Waals surface area contributed by atoms with Gasteiger partial charge in [-0.15, -0.1) is 0 Å². The van der Waals surface area contributed by atoms with Crippen molar-refractivity contribution in [3.8, 4) is 0 Å². The summed E-state index contributed by atoms with van der Waals surface area (Å²) < 4.78 is 4.55. The first-order valence-corrected chi connectivity index (χ1v) is 10.4. The Balaban J connectivity index is 1.36. The molecule has 1 aromatic carbocycles. The molecule has 0 unspecified atom stereocenters. The lowest BCUT2D eigenvalue weighted by molar-refractivity contribution is -0.137. The molecule has 1 aliphatic heterocycles. The van der Waals surface area contributed by atoms with Gasteiger partial charge in [-0.1, -0.05) is 36.2 Å². The minimum Gasteiger partial charge on any atom is -0.345 e. The summed E-state index contributed by atoms with van der Waals surface area (Å²) >= 11 is 1.48. The van der Waals surface area contributed by atoms with Crippen LogP contribution >= 0.6 is 11.5 Å². The Labute approximate surface area is 159 Å². The molecule has 2 aliphatic rings. The summed E-state index contributed by atoms with van der Waals surface area (Å²) in [6, 6.07) is 8.55. The van der Waals surface area contributed by atoms with E-state index in [0.717, 1.165) is 62.8 Å². The molecule has 26 heavy (non-hydrogen) atoms. The fourth-order valence-electron chi connectivity index (χ4n) is 3.58. The van der Waals surface area contributed by atoms with E-state index in [1.807, 2.05) is 0 Å². The zero-order chi connectivity index (χ0) is 17.9. The number of benzene rings is 1. The molecule has 1 saturated carbocycles. The van der Waals surface area contributed by atoms with E-state index in [4.69, 9.17) is 4.98 Å². The highest BCUT2D eigenvalue weighted by atomic mass is 32.1. The summed E-state index contributed by atoms with van der Waals surface area (Å²) in [7, 11) is 0. The van der Waals surface area contributed by atoms with Crippen LogP contribution in [0.25, 0.3) is 0 Å². The average Bonchev–Trinajstić information content (AvgIpc) is 2.90. The van der Waals surface area contributed by atoms with Crippen LogP contribution in [0.4, 0.5) is 5.13 Å². The van der Waals surface area contributed by atoms with E-state index in [1.54, 1.807) is 0 Å². The van der Waals surface area contributed by atoms with Crippen LogP contribution in [0, 0.1) is 12.8 Å². The quantitative estimate of drug-likeness (QED) is 0.829. The second kappa shape index (κ2) is 7.74. The van der Waals surface area contributed by atoms with Crippen LogP contribution in [-0.2, 0) is 11.2 Å². The molecule has 0 bridgehead atoms.